The van der Waals surface area contributed by atoms with Crippen LogP contribution in [0.4, 0.5) is 0 Å². The van der Waals surface area contributed by atoms with Gasteiger partial charge in [0, 0.05) is 19.3 Å². The summed E-state index contributed by atoms with van der Waals surface area (Å²) in [6.07, 6.45) is 7.90. The average molecular weight is 292 g/mol. The van der Waals surface area contributed by atoms with Crippen LogP contribution in [0.15, 0.2) is 18.3 Å². The van der Waals surface area contributed by atoms with Gasteiger partial charge in [0.25, 0.3) is 0 Å². The van der Waals surface area contributed by atoms with Crippen molar-refractivity contribution >= 4 is 5.97 Å². The number of hydrogen-bond acceptors (Lipinski definition) is 5. The zero-order valence-corrected chi connectivity index (χ0v) is 12.6. The van der Waals surface area contributed by atoms with Gasteiger partial charge in [0.1, 0.15) is 0 Å². The van der Waals surface area contributed by atoms with Gasteiger partial charge in [0.2, 0.25) is 0 Å². The maximum Gasteiger partial charge on any atom is 0.339 e. The van der Waals surface area contributed by atoms with Crippen molar-refractivity contribution in [3.63, 3.8) is 0 Å². The highest BCUT2D eigenvalue weighted by molar-refractivity contribution is 5.88. The number of aromatic nitrogens is 1. The number of hydrogen-bond donors (Lipinski definition) is 2. The van der Waals surface area contributed by atoms with Crippen LogP contribution in [0.25, 0.3) is 0 Å². The smallest absolute Gasteiger partial charge is 0.339 e. The monoisotopic (exact) mass is 292 g/mol. The van der Waals surface area contributed by atoms with E-state index < -0.39 is 5.60 Å². The molecular weight excluding hydrogens is 268 g/mol. The van der Waals surface area contributed by atoms with Crippen LogP contribution in [0.5, 0.6) is 0 Å². The molecule has 0 spiro atoms. The second kappa shape index (κ2) is 7.52. The predicted molar refractivity (Wildman–Crippen MR) is 79.9 cm³/mol. The average Bonchev–Trinajstić information content (AvgIpc) is 2.72. The number of carbonyl (C=O) groups excluding carboxylic acids is 1. The van der Waals surface area contributed by atoms with Crippen molar-refractivity contribution < 1.29 is 14.6 Å². The lowest BCUT2D eigenvalue weighted by molar-refractivity contribution is 0.0250. The molecule has 21 heavy (non-hydrogen) atoms. The molecule has 5 nitrogen and oxygen atoms in total. The molecule has 0 atom stereocenters. The summed E-state index contributed by atoms with van der Waals surface area (Å²) in [5.41, 5.74) is 0.714. The number of ether oxygens (including phenoxy) is 1. The fraction of sp³-hybridized carbons (Fsp3) is 0.625. The van der Waals surface area contributed by atoms with Crippen molar-refractivity contribution in [2.45, 2.75) is 50.7 Å². The summed E-state index contributed by atoms with van der Waals surface area (Å²) in [5.74, 6) is -0.380. The second-order valence-corrected chi connectivity index (χ2v) is 5.77. The Bertz CT molecular complexity index is 451. The second-order valence-electron chi connectivity index (χ2n) is 5.77. The van der Waals surface area contributed by atoms with E-state index in [-0.39, 0.29) is 5.97 Å². The van der Waals surface area contributed by atoms with Crippen molar-refractivity contribution in [1.82, 2.24) is 10.3 Å². The van der Waals surface area contributed by atoms with Crippen LogP contribution in [-0.4, -0.2) is 35.3 Å². The van der Waals surface area contributed by atoms with Gasteiger partial charge in [-0.2, -0.15) is 0 Å². The third-order valence-electron chi connectivity index (χ3n) is 4.04. The first kappa shape index (κ1) is 15.9. The fourth-order valence-corrected chi connectivity index (χ4v) is 2.75. The zero-order chi connectivity index (χ0) is 15.1. The molecule has 1 aliphatic carbocycles. The van der Waals surface area contributed by atoms with Crippen LogP contribution in [-0.2, 0) is 11.3 Å². The summed E-state index contributed by atoms with van der Waals surface area (Å²) in [7, 11) is 1.35. The van der Waals surface area contributed by atoms with Crippen molar-refractivity contribution in [1.29, 1.82) is 0 Å². The molecule has 2 rings (SSSR count). The number of nitrogens with one attached hydrogen (secondary N) is 1. The number of nitrogens with zero attached hydrogens (tertiary/aromatic N) is 1. The molecular formula is C16H24N2O3. The van der Waals surface area contributed by atoms with E-state index in [1.807, 2.05) is 0 Å². The molecule has 0 radical (unpaired) electrons. The Morgan fingerprint density at radius 1 is 1.33 bits per heavy atom. The van der Waals surface area contributed by atoms with Gasteiger partial charge in [-0.3, -0.25) is 4.98 Å². The van der Waals surface area contributed by atoms with Crippen molar-refractivity contribution in [2.24, 2.45) is 0 Å². The van der Waals surface area contributed by atoms with Gasteiger partial charge < -0.3 is 15.2 Å². The van der Waals surface area contributed by atoms with E-state index in [2.05, 4.69) is 15.0 Å². The summed E-state index contributed by atoms with van der Waals surface area (Å²) in [6, 6.07) is 3.51. The maximum absolute atomic E-state index is 11.3. The number of rotatable bonds is 5. The highest BCUT2D eigenvalue weighted by Crippen LogP contribution is 2.26. The minimum atomic E-state index is -0.581. The van der Waals surface area contributed by atoms with Gasteiger partial charge in [-0.15, -0.1) is 0 Å². The molecule has 1 heterocycles. The first-order chi connectivity index (χ1) is 10.1. The normalized spacial score (nSPS) is 18.0. The van der Waals surface area contributed by atoms with Crippen LogP contribution in [0, 0.1) is 0 Å². The van der Waals surface area contributed by atoms with Crippen molar-refractivity contribution in [3.05, 3.63) is 29.6 Å². The molecule has 1 saturated carbocycles. The molecule has 0 aliphatic heterocycles. The van der Waals surface area contributed by atoms with E-state index in [1.54, 1.807) is 12.1 Å². The van der Waals surface area contributed by atoms with Gasteiger partial charge in [-0.25, -0.2) is 4.79 Å². The third kappa shape index (κ3) is 4.79. The molecule has 5 heteroatoms. The van der Waals surface area contributed by atoms with Crippen LogP contribution < -0.4 is 5.32 Å². The fourth-order valence-electron chi connectivity index (χ4n) is 2.75. The highest BCUT2D eigenvalue weighted by Gasteiger charge is 2.27. The summed E-state index contributed by atoms with van der Waals surface area (Å²) < 4.78 is 4.63. The van der Waals surface area contributed by atoms with Crippen molar-refractivity contribution in [2.75, 3.05) is 13.7 Å². The van der Waals surface area contributed by atoms with E-state index in [4.69, 9.17) is 0 Å². The maximum atomic E-state index is 11.3. The minimum Gasteiger partial charge on any atom is -0.465 e. The summed E-state index contributed by atoms with van der Waals surface area (Å²) >= 11 is 0. The van der Waals surface area contributed by atoms with E-state index in [0.717, 1.165) is 31.4 Å². The molecule has 0 saturated heterocycles. The van der Waals surface area contributed by atoms with Crippen LogP contribution in [0.1, 0.15) is 54.6 Å². The number of carbonyl (C=O) groups is 1. The van der Waals surface area contributed by atoms with Crippen LogP contribution in [0.3, 0.4) is 0 Å². The van der Waals surface area contributed by atoms with Crippen LogP contribution in [0.2, 0.25) is 0 Å². The van der Waals surface area contributed by atoms with E-state index in [0.29, 0.717) is 18.7 Å². The Labute approximate surface area is 125 Å². The first-order valence-corrected chi connectivity index (χ1v) is 7.59. The third-order valence-corrected chi connectivity index (χ3v) is 4.04. The van der Waals surface area contributed by atoms with Gasteiger partial charge in [-0.05, 0) is 25.0 Å². The lowest BCUT2D eigenvalue weighted by Crippen LogP contribution is -2.40. The van der Waals surface area contributed by atoms with Gasteiger partial charge in [-0.1, -0.05) is 25.7 Å². The summed E-state index contributed by atoms with van der Waals surface area (Å²) in [6.45, 7) is 1.18. The minimum absolute atomic E-state index is 0.380. The Balaban J connectivity index is 1.81. The quantitative estimate of drug-likeness (QED) is 0.642. The largest absolute Gasteiger partial charge is 0.465 e. The Hall–Kier alpha value is -1.46. The number of aliphatic hydroxyl groups is 1. The summed E-state index contributed by atoms with van der Waals surface area (Å²) in [5, 5.41) is 13.8. The Morgan fingerprint density at radius 2 is 2.05 bits per heavy atom. The van der Waals surface area contributed by atoms with Crippen molar-refractivity contribution in [3.8, 4) is 0 Å². The van der Waals surface area contributed by atoms with E-state index in [9.17, 15) is 9.90 Å². The molecule has 1 aliphatic rings. The molecule has 0 bridgehead atoms. The van der Waals surface area contributed by atoms with Crippen LogP contribution >= 0.6 is 0 Å². The molecule has 116 valence electrons. The predicted octanol–water partition coefficient (Wildman–Crippen LogP) is 2.04. The topological polar surface area (TPSA) is 71.5 Å². The number of pyridine rings is 1. The number of methoxy groups -OCH3 is 1. The standard InChI is InChI=1S/C16H24N2O3/c1-21-15(19)13-6-7-14(18-10-13)11-17-12-16(20)8-4-2-3-5-9-16/h6-7,10,17,20H,2-5,8-9,11-12H2,1H3. The van der Waals surface area contributed by atoms with Gasteiger partial charge in [0.05, 0.1) is 24.0 Å². The Kier molecular flexibility index (Phi) is 5.70. The zero-order valence-electron chi connectivity index (χ0n) is 12.6. The van der Waals surface area contributed by atoms with Gasteiger partial charge in [0.15, 0.2) is 0 Å². The lowest BCUT2D eigenvalue weighted by atomic mass is 9.94. The molecule has 0 aromatic carbocycles. The van der Waals surface area contributed by atoms with Gasteiger partial charge >= 0.3 is 5.97 Å². The highest BCUT2D eigenvalue weighted by atomic mass is 16.5. The van der Waals surface area contributed by atoms with E-state index >= 15 is 0 Å². The lowest BCUT2D eigenvalue weighted by Gasteiger charge is -2.26. The molecule has 0 amide bonds. The first-order valence-electron chi connectivity index (χ1n) is 7.59. The number of esters is 1. The summed E-state index contributed by atoms with van der Waals surface area (Å²) in [4.78, 5) is 15.5. The molecule has 0 unspecified atom stereocenters. The molecule has 1 aromatic rings. The molecule has 1 aromatic heterocycles. The Morgan fingerprint density at radius 3 is 2.62 bits per heavy atom. The molecule has 1 fully saturated rings. The van der Waals surface area contributed by atoms with E-state index in [1.165, 1.54) is 26.1 Å². The molecule has 2 N–H and O–H groups in total. The SMILES string of the molecule is COC(=O)c1ccc(CNCC2(O)CCCCCC2)nc1.